The van der Waals surface area contributed by atoms with Crippen molar-refractivity contribution in [2.75, 3.05) is 6.54 Å². The zero-order valence-electron chi connectivity index (χ0n) is 9.13. The maximum atomic E-state index is 11.5. The van der Waals surface area contributed by atoms with Crippen LogP contribution < -0.4 is 10.6 Å². The fourth-order valence-corrected chi connectivity index (χ4v) is 2.55. The van der Waals surface area contributed by atoms with Crippen LogP contribution >= 0.6 is 27.3 Å². The molecule has 0 spiro atoms. The van der Waals surface area contributed by atoms with Crippen LogP contribution in [0.5, 0.6) is 0 Å². The average Bonchev–Trinajstić information content (AvgIpc) is 2.68. The molecule has 0 aromatic carbocycles. The van der Waals surface area contributed by atoms with E-state index >= 15 is 0 Å². The summed E-state index contributed by atoms with van der Waals surface area (Å²) in [4.78, 5) is 12.7. The van der Waals surface area contributed by atoms with Gasteiger partial charge in [0.15, 0.2) is 0 Å². The predicted molar refractivity (Wildman–Crippen MR) is 71.5 cm³/mol. The van der Waals surface area contributed by atoms with Crippen LogP contribution in [0.15, 0.2) is 28.6 Å². The van der Waals surface area contributed by atoms with Crippen LogP contribution in [0.3, 0.4) is 0 Å². The lowest BCUT2D eigenvalue weighted by Gasteiger charge is -2.12. The Morgan fingerprint density at radius 2 is 2.44 bits per heavy atom. The van der Waals surface area contributed by atoms with E-state index in [9.17, 15) is 4.79 Å². The molecule has 0 bridgehead atoms. The summed E-state index contributed by atoms with van der Waals surface area (Å²) in [6.45, 7) is 6.61. The first-order chi connectivity index (χ1) is 7.63. The minimum Gasteiger partial charge on any atom is -0.351 e. The second kappa shape index (κ2) is 6.83. The highest BCUT2D eigenvalue weighted by atomic mass is 79.9. The topological polar surface area (TPSA) is 41.1 Å². The van der Waals surface area contributed by atoms with Gasteiger partial charge in [0.25, 0.3) is 0 Å². The summed E-state index contributed by atoms with van der Waals surface area (Å²) in [7, 11) is 0. The summed E-state index contributed by atoms with van der Waals surface area (Å²) < 4.78 is 1.10. The molecule has 0 aliphatic rings. The molecular formula is C11H15BrN2OS. The number of carbonyl (C=O) groups excluding carboxylic acids is 1. The monoisotopic (exact) mass is 302 g/mol. The maximum Gasteiger partial charge on any atom is 0.237 e. The van der Waals surface area contributed by atoms with Crippen molar-refractivity contribution in [3.8, 4) is 0 Å². The summed E-state index contributed by atoms with van der Waals surface area (Å²) in [5, 5.41) is 5.91. The molecule has 0 fully saturated rings. The molecule has 5 heteroatoms. The summed E-state index contributed by atoms with van der Waals surface area (Å²) >= 11 is 5.07. The van der Waals surface area contributed by atoms with E-state index in [1.165, 1.54) is 4.88 Å². The Kier molecular flexibility index (Phi) is 5.73. The minimum absolute atomic E-state index is 0.00415. The van der Waals surface area contributed by atoms with Crippen molar-refractivity contribution in [2.24, 2.45) is 0 Å². The predicted octanol–water partition coefficient (Wildman–Crippen LogP) is 2.29. The molecule has 3 nitrogen and oxygen atoms in total. The Morgan fingerprint density at radius 1 is 1.69 bits per heavy atom. The largest absolute Gasteiger partial charge is 0.351 e. The molecule has 0 aliphatic heterocycles. The third kappa shape index (κ3) is 4.47. The number of thiophene rings is 1. The van der Waals surface area contributed by atoms with Gasteiger partial charge in [0.05, 0.1) is 9.83 Å². The van der Waals surface area contributed by atoms with E-state index < -0.39 is 0 Å². The number of amides is 1. The zero-order valence-corrected chi connectivity index (χ0v) is 11.5. The normalized spacial score (nSPS) is 12.1. The summed E-state index contributed by atoms with van der Waals surface area (Å²) in [6, 6.07) is 3.85. The Balaban J connectivity index is 2.31. The van der Waals surface area contributed by atoms with Crippen molar-refractivity contribution in [3.63, 3.8) is 0 Å². The molecule has 1 atom stereocenters. The van der Waals surface area contributed by atoms with Gasteiger partial charge in [-0.2, -0.15) is 0 Å². The smallest absolute Gasteiger partial charge is 0.237 e. The lowest BCUT2D eigenvalue weighted by molar-refractivity contribution is -0.122. The first-order valence-electron chi connectivity index (χ1n) is 4.99. The Hall–Kier alpha value is -0.650. The summed E-state index contributed by atoms with van der Waals surface area (Å²) in [6.07, 6.45) is 1.67. The highest BCUT2D eigenvalue weighted by Gasteiger charge is 2.10. The highest BCUT2D eigenvalue weighted by Crippen LogP contribution is 2.21. The van der Waals surface area contributed by atoms with Crippen LogP contribution in [0, 0.1) is 0 Å². The van der Waals surface area contributed by atoms with Crippen LogP contribution in [-0.2, 0) is 11.3 Å². The van der Waals surface area contributed by atoms with Crippen molar-refractivity contribution in [3.05, 3.63) is 33.5 Å². The first kappa shape index (κ1) is 13.4. The molecule has 0 saturated heterocycles. The molecule has 0 aliphatic carbocycles. The third-order valence-corrected chi connectivity index (χ3v) is 3.65. The van der Waals surface area contributed by atoms with E-state index in [1.807, 2.05) is 19.1 Å². The first-order valence-corrected chi connectivity index (χ1v) is 6.60. The van der Waals surface area contributed by atoms with Gasteiger partial charge in [-0.05, 0) is 35.0 Å². The van der Waals surface area contributed by atoms with Crippen LogP contribution in [0.4, 0.5) is 0 Å². The average molecular weight is 303 g/mol. The Labute approximate surface area is 108 Å². The quantitative estimate of drug-likeness (QED) is 0.792. The van der Waals surface area contributed by atoms with Gasteiger partial charge in [0.2, 0.25) is 5.91 Å². The molecular weight excluding hydrogens is 288 g/mol. The summed E-state index contributed by atoms with van der Waals surface area (Å²) in [5.41, 5.74) is 0. The van der Waals surface area contributed by atoms with Crippen LogP contribution in [0.25, 0.3) is 0 Å². The van der Waals surface area contributed by atoms with Gasteiger partial charge >= 0.3 is 0 Å². The highest BCUT2D eigenvalue weighted by molar-refractivity contribution is 9.11. The molecule has 0 saturated carbocycles. The number of hydrogen-bond acceptors (Lipinski definition) is 3. The number of halogens is 1. The lowest BCUT2D eigenvalue weighted by Crippen LogP contribution is -2.41. The van der Waals surface area contributed by atoms with Crippen LogP contribution in [0.2, 0.25) is 0 Å². The molecule has 1 amide bonds. The number of nitrogens with one attached hydrogen (secondary N) is 2. The standard InChI is InChI=1S/C11H15BrN2OS/c1-3-6-13-11(15)8(2)14-7-9-4-5-10(12)16-9/h3-5,8,14H,1,6-7H2,2H3,(H,13,15). The molecule has 0 radical (unpaired) electrons. The van der Waals surface area contributed by atoms with E-state index in [0.717, 1.165) is 3.79 Å². The lowest BCUT2D eigenvalue weighted by atomic mass is 10.3. The van der Waals surface area contributed by atoms with Crippen molar-refractivity contribution in [2.45, 2.75) is 19.5 Å². The van der Waals surface area contributed by atoms with Gasteiger partial charge in [0.1, 0.15) is 0 Å². The van der Waals surface area contributed by atoms with Crippen molar-refractivity contribution in [1.82, 2.24) is 10.6 Å². The second-order valence-corrected chi connectivity index (χ2v) is 5.89. The molecule has 16 heavy (non-hydrogen) atoms. The van der Waals surface area contributed by atoms with E-state index in [2.05, 4.69) is 33.1 Å². The van der Waals surface area contributed by atoms with Crippen LogP contribution in [0.1, 0.15) is 11.8 Å². The maximum absolute atomic E-state index is 11.5. The van der Waals surface area contributed by atoms with Gasteiger partial charge in [-0.25, -0.2) is 0 Å². The van der Waals surface area contributed by atoms with Gasteiger partial charge in [0, 0.05) is 18.0 Å². The van der Waals surface area contributed by atoms with Crippen molar-refractivity contribution >= 4 is 33.2 Å². The SMILES string of the molecule is C=CCNC(=O)C(C)NCc1ccc(Br)s1. The molecule has 1 aromatic rings. The second-order valence-electron chi connectivity index (χ2n) is 3.34. The van der Waals surface area contributed by atoms with Gasteiger partial charge in [-0.3, -0.25) is 4.79 Å². The minimum atomic E-state index is -0.194. The van der Waals surface area contributed by atoms with E-state index in [4.69, 9.17) is 0 Å². The van der Waals surface area contributed by atoms with Gasteiger partial charge in [-0.15, -0.1) is 17.9 Å². The fourth-order valence-electron chi connectivity index (χ4n) is 1.12. The van der Waals surface area contributed by atoms with Gasteiger partial charge in [-0.1, -0.05) is 6.08 Å². The number of carbonyl (C=O) groups is 1. The van der Waals surface area contributed by atoms with Crippen LogP contribution in [-0.4, -0.2) is 18.5 Å². The van der Waals surface area contributed by atoms with E-state index in [0.29, 0.717) is 13.1 Å². The molecule has 88 valence electrons. The third-order valence-electron chi connectivity index (χ3n) is 2.03. The van der Waals surface area contributed by atoms with E-state index in [1.54, 1.807) is 17.4 Å². The molecule has 2 N–H and O–H groups in total. The molecule has 1 unspecified atom stereocenters. The van der Waals surface area contributed by atoms with Crippen molar-refractivity contribution < 1.29 is 4.79 Å². The number of rotatable bonds is 6. The Bertz CT molecular complexity index is 365. The van der Waals surface area contributed by atoms with E-state index in [-0.39, 0.29) is 11.9 Å². The molecule has 1 heterocycles. The fraction of sp³-hybridized carbons (Fsp3) is 0.364. The Morgan fingerprint density at radius 3 is 3.00 bits per heavy atom. The zero-order chi connectivity index (χ0) is 12.0. The summed E-state index contributed by atoms with van der Waals surface area (Å²) in [5.74, 6) is -0.00415. The number of hydrogen-bond donors (Lipinski definition) is 2. The molecule has 1 aromatic heterocycles. The van der Waals surface area contributed by atoms with Crippen molar-refractivity contribution in [1.29, 1.82) is 0 Å². The molecule has 1 rings (SSSR count). The van der Waals surface area contributed by atoms with Gasteiger partial charge < -0.3 is 10.6 Å².